The highest BCUT2D eigenvalue weighted by atomic mass is 19.4. The van der Waals surface area contributed by atoms with Crippen molar-refractivity contribution in [3.05, 3.63) is 53.9 Å². The van der Waals surface area contributed by atoms with Crippen LogP contribution in [0.15, 0.2) is 42.7 Å². The monoisotopic (exact) mass is 252 g/mol. The molecule has 0 radical (unpaired) electrons. The Bertz CT molecular complexity index is 536. The maximum absolute atomic E-state index is 12.7. The van der Waals surface area contributed by atoms with E-state index in [1.165, 1.54) is 12.3 Å². The van der Waals surface area contributed by atoms with Gasteiger partial charge < -0.3 is 5.73 Å². The smallest absolute Gasteiger partial charge is 0.326 e. The summed E-state index contributed by atoms with van der Waals surface area (Å²) in [5.41, 5.74) is 6.63. The molecule has 1 aromatic heterocycles. The largest absolute Gasteiger partial charge is 0.416 e. The van der Waals surface area contributed by atoms with E-state index in [0.29, 0.717) is 16.7 Å². The van der Waals surface area contributed by atoms with Crippen molar-refractivity contribution in [3.8, 4) is 11.1 Å². The first-order valence-electron chi connectivity index (χ1n) is 5.33. The number of halogens is 3. The number of hydrogen-bond donors (Lipinski definition) is 1. The second-order valence-electron chi connectivity index (χ2n) is 3.82. The number of nitrogens with zero attached hydrogens (tertiary/aromatic N) is 1. The third kappa shape index (κ3) is 2.51. The van der Waals surface area contributed by atoms with E-state index >= 15 is 0 Å². The van der Waals surface area contributed by atoms with E-state index in [2.05, 4.69) is 4.98 Å². The average Bonchev–Trinajstić information content (AvgIpc) is 2.38. The molecule has 0 atom stereocenters. The van der Waals surface area contributed by atoms with E-state index in [-0.39, 0.29) is 6.54 Å². The fourth-order valence-electron chi connectivity index (χ4n) is 1.72. The molecule has 0 aliphatic heterocycles. The Morgan fingerprint density at radius 3 is 2.50 bits per heavy atom. The molecule has 0 saturated carbocycles. The Morgan fingerprint density at radius 2 is 1.94 bits per heavy atom. The first-order valence-corrected chi connectivity index (χ1v) is 5.33. The summed E-state index contributed by atoms with van der Waals surface area (Å²) in [6.07, 6.45) is -1.27. The third-order valence-electron chi connectivity index (χ3n) is 2.63. The average molecular weight is 252 g/mol. The minimum atomic E-state index is -4.36. The van der Waals surface area contributed by atoms with Crippen molar-refractivity contribution in [2.75, 3.05) is 0 Å². The van der Waals surface area contributed by atoms with E-state index < -0.39 is 11.7 Å². The van der Waals surface area contributed by atoms with Gasteiger partial charge in [0.1, 0.15) is 0 Å². The van der Waals surface area contributed by atoms with Crippen molar-refractivity contribution in [1.82, 2.24) is 4.98 Å². The Labute approximate surface area is 102 Å². The molecule has 0 fully saturated rings. The summed E-state index contributed by atoms with van der Waals surface area (Å²) < 4.78 is 38.0. The van der Waals surface area contributed by atoms with E-state index in [1.54, 1.807) is 18.3 Å². The Hall–Kier alpha value is -1.88. The summed E-state index contributed by atoms with van der Waals surface area (Å²) >= 11 is 0. The standard InChI is InChI=1S/C13H11F3N2/c14-13(15,16)11-4-3-9(7-17)12(6-11)10-2-1-5-18-8-10/h1-6,8H,7,17H2. The second-order valence-corrected chi connectivity index (χ2v) is 3.82. The lowest BCUT2D eigenvalue weighted by molar-refractivity contribution is -0.137. The van der Waals surface area contributed by atoms with Crippen LogP contribution in [0.25, 0.3) is 11.1 Å². The Morgan fingerprint density at radius 1 is 1.17 bits per heavy atom. The van der Waals surface area contributed by atoms with Gasteiger partial charge in [-0.25, -0.2) is 0 Å². The van der Waals surface area contributed by atoms with Gasteiger partial charge in [-0.1, -0.05) is 12.1 Å². The van der Waals surface area contributed by atoms with Gasteiger partial charge in [0.05, 0.1) is 5.56 Å². The molecule has 0 bridgehead atoms. The van der Waals surface area contributed by atoms with Gasteiger partial charge >= 0.3 is 6.18 Å². The van der Waals surface area contributed by atoms with Crippen LogP contribution in [0, 0.1) is 0 Å². The predicted octanol–water partition coefficient (Wildman–Crippen LogP) is 3.23. The molecule has 0 unspecified atom stereocenters. The minimum absolute atomic E-state index is 0.183. The van der Waals surface area contributed by atoms with Crippen molar-refractivity contribution in [3.63, 3.8) is 0 Å². The molecule has 0 saturated heterocycles. The molecule has 5 heteroatoms. The van der Waals surface area contributed by atoms with Crippen LogP contribution in [-0.4, -0.2) is 4.98 Å². The van der Waals surface area contributed by atoms with Crippen LogP contribution >= 0.6 is 0 Å². The fourth-order valence-corrected chi connectivity index (χ4v) is 1.72. The lowest BCUT2D eigenvalue weighted by Gasteiger charge is -2.12. The van der Waals surface area contributed by atoms with Crippen molar-refractivity contribution in [2.45, 2.75) is 12.7 Å². The topological polar surface area (TPSA) is 38.9 Å². The van der Waals surface area contributed by atoms with Crippen LogP contribution in [0.5, 0.6) is 0 Å². The molecule has 94 valence electrons. The third-order valence-corrected chi connectivity index (χ3v) is 2.63. The van der Waals surface area contributed by atoms with Gasteiger partial charge in [0.2, 0.25) is 0 Å². The first-order chi connectivity index (χ1) is 8.52. The SMILES string of the molecule is NCc1ccc(C(F)(F)F)cc1-c1cccnc1. The van der Waals surface area contributed by atoms with Gasteiger partial charge in [-0.05, 0) is 29.3 Å². The number of pyridine rings is 1. The normalized spacial score (nSPS) is 11.6. The van der Waals surface area contributed by atoms with Gasteiger partial charge in [-0.2, -0.15) is 13.2 Å². The zero-order valence-electron chi connectivity index (χ0n) is 9.41. The van der Waals surface area contributed by atoms with Crippen LogP contribution in [0.4, 0.5) is 13.2 Å². The van der Waals surface area contributed by atoms with Crippen molar-refractivity contribution < 1.29 is 13.2 Å². The Balaban J connectivity index is 2.57. The highest BCUT2D eigenvalue weighted by molar-refractivity contribution is 5.67. The molecule has 1 aromatic carbocycles. The minimum Gasteiger partial charge on any atom is -0.326 e. The summed E-state index contributed by atoms with van der Waals surface area (Å²) in [5, 5.41) is 0. The summed E-state index contributed by atoms with van der Waals surface area (Å²) in [5.74, 6) is 0. The molecule has 0 aliphatic rings. The summed E-state index contributed by atoms with van der Waals surface area (Å²) in [7, 11) is 0. The molecule has 0 spiro atoms. The Kier molecular flexibility index (Phi) is 3.34. The highest BCUT2D eigenvalue weighted by Crippen LogP contribution is 2.33. The maximum atomic E-state index is 12.7. The number of rotatable bonds is 2. The summed E-state index contributed by atoms with van der Waals surface area (Å²) in [6, 6.07) is 6.95. The van der Waals surface area contributed by atoms with Gasteiger partial charge in [0.25, 0.3) is 0 Å². The molecular weight excluding hydrogens is 241 g/mol. The molecule has 18 heavy (non-hydrogen) atoms. The van der Waals surface area contributed by atoms with Gasteiger partial charge in [-0.3, -0.25) is 4.98 Å². The van der Waals surface area contributed by atoms with Crippen LogP contribution < -0.4 is 5.73 Å². The first kappa shape index (κ1) is 12.6. The van der Waals surface area contributed by atoms with Gasteiger partial charge in [-0.15, -0.1) is 0 Å². The quantitative estimate of drug-likeness (QED) is 0.891. The van der Waals surface area contributed by atoms with E-state index in [1.807, 2.05) is 0 Å². The summed E-state index contributed by atoms with van der Waals surface area (Å²) in [4.78, 5) is 3.91. The number of alkyl halides is 3. The zero-order valence-corrected chi connectivity index (χ0v) is 9.41. The van der Waals surface area contributed by atoms with E-state index in [9.17, 15) is 13.2 Å². The molecule has 2 N–H and O–H groups in total. The van der Waals surface area contributed by atoms with Crippen LogP contribution in [0.3, 0.4) is 0 Å². The van der Waals surface area contributed by atoms with Crippen LogP contribution in [0.1, 0.15) is 11.1 Å². The second kappa shape index (κ2) is 4.78. The maximum Gasteiger partial charge on any atom is 0.416 e. The number of hydrogen-bond acceptors (Lipinski definition) is 2. The van der Waals surface area contributed by atoms with Crippen LogP contribution in [-0.2, 0) is 12.7 Å². The van der Waals surface area contributed by atoms with Gasteiger partial charge in [0.15, 0.2) is 0 Å². The number of nitrogens with two attached hydrogens (primary N) is 1. The van der Waals surface area contributed by atoms with E-state index in [4.69, 9.17) is 5.73 Å². The fraction of sp³-hybridized carbons (Fsp3) is 0.154. The lowest BCUT2D eigenvalue weighted by Crippen LogP contribution is -2.07. The van der Waals surface area contributed by atoms with Crippen molar-refractivity contribution >= 4 is 0 Å². The van der Waals surface area contributed by atoms with Gasteiger partial charge in [0, 0.05) is 24.5 Å². The number of benzene rings is 1. The molecule has 2 nitrogen and oxygen atoms in total. The molecule has 1 heterocycles. The molecule has 0 amide bonds. The molecular formula is C13H11F3N2. The molecule has 0 aliphatic carbocycles. The van der Waals surface area contributed by atoms with Crippen molar-refractivity contribution in [2.24, 2.45) is 5.73 Å². The van der Waals surface area contributed by atoms with Crippen molar-refractivity contribution in [1.29, 1.82) is 0 Å². The summed E-state index contributed by atoms with van der Waals surface area (Å²) in [6.45, 7) is 0.183. The predicted molar refractivity (Wildman–Crippen MR) is 62.6 cm³/mol. The molecule has 2 rings (SSSR count). The van der Waals surface area contributed by atoms with E-state index in [0.717, 1.165) is 12.1 Å². The van der Waals surface area contributed by atoms with Crippen LogP contribution in [0.2, 0.25) is 0 Å². The lowest BCUT2D eigenvalue weighted by atomic mass is 9.98. The zero-order chi connectivity index (χ0) is 13.2. The highest BCUT2D eigenvalue weighted by Gasteiger charge is 2.31. The number of aromatic nitrogens is 1. The molecule has 2 aromatic rings.